The summed E-state index contributed by atoms with van der Waals surface area (Å²) in [5.41, 5.74) is 1.69. The zero-order valence-corrected chi connectivity index (χ0v) is 9.94. The molecular formula is C15H14O2. The molecule has 2 heteroatoms. The Balaban J connectivity index is 2.51. The molecule has 0 N–H and O–H groups in total. The SMILES string of the molecule is CC(=O)C(C)c1ccc2cc(C=O)ccc2c1. The second-order valence-electron chi connectivity index (χ2n) is 4.32. The van der Waals surface area contributed by atoms with Gasteiger partial charge in [0, 0.05) is 11.5 Å². The Kier molecular flexibility index (Phi) is 3.05. The molecule has 0 aromatic heterocycles. The zero-order chi connectivity index (χ0) is 12.4. The van der Waals surface area contributed by atoms with Gasteiger partial charge in [0.2, 0.25) is 0 Å². The molecule has 0 bridgehead atoms. The van der Waals surface area contributed by atoms with Crippen LogP contribution >= 0.6 is 0 Å². The Labute approximate surface area is 100 Å². The van der Waals surface area contributed by atoms with Crippen molar-refractivity contribution in [1.29, 1.82) is 0 Å². The minimum absolute atomic E-state index is 0.0786. The molecule has 0 saturated carbocycles. The third-order valence-corrected chi connectivity index (χ3v) is 3.13. The molecule has 0 heterocycles. The third-order valence-electron chi connectivity index (χ3n) is 3.13. The molecule has 2 nitrogen and oxygen atoms in total. The highest BCUT2D eigenvalue weighted by Gasteiger charge is 2.10. The van der Waals surface area contributed by atoms with E-state index in [0.717, 1.165) is 22.6 Å². The van der Waals surface area contributed by atoms with Gasteiger partial charge in [0.1, 0.15) is 12.1 Å². The van der Waals surface area contributed by atoms with Gasteiger partial charge in [-0.15, -0.1) is 0 Å². The molecule has 0 aliphatic carbocycles. The highest BCUT2D eigenvalue weighted by Crippen LogP contribution is 2.22. The summed E-state index contributed by atoms with van der Waals surface area (Å²) in [6.45, 7) is 3.51. The predicted molar refractivity (Wildman–Crippen MR) is 68.4 cm³/mol. The van der Waals surface area contributed by atoms with Gasteiger partial charge in [0.25, 0.3) is 0 Å². The van der Waals surface area contributed by atoms with Gasteiger partial charge in [-0.3, -0.25) is 9.59 Å². The number of carbonyl (C=O) groups is 2. The summed E-state index contributed by atoms with van der Waals surface area (Å²) < 4.78 is 0. The Bertz CT molecular complexity index is 584. The average Bonchev–Trinajstić information content (AvgIpc) is 2.36. The molecule has 1 atom stereocenters. The average molecular weight is 226 g/mol. The molecular weight excluding hydrogens is 212 g/mol. The van der Waals surface area contributed by atoms with Crippen LogP contribution in [0.1, 0.15) is 35.7 Å². The fourth-order valence-electron chi connectivity index (χ4n) is 1.86. The van der Waals surface area contributed by atoms with Gasteiger partial charge in [0.15, 0.2) is 0 Å². The Morgan fingerprint density at radius 2 is 1.76 bits per heavy atom. The second-order valence-corrected chi connectivity index (χ2v) is 4.32. The Hall–Kier alpha value is -1.96. The maximum Gasteiger partial charge on any atom is 0.150 e. The van der Waals surface area contributed by atoms with Crippen molar-refractivity contribution in [3.05, 3.63) is 47.5 Å². The number of ketones is 1. The standard InChI is InChI=1S/C15H14O2/c1-10(11(2)17)13-5-6-14-7-12(9-16)3-4-15(14)8-13/h3-10H,1-2H3. The van der Waals surface area contributed by atoms with Gasteiger partial charge in [-0.05, 0) is 29.3 Å². The molecule has 0 fully saturated rings. The summed E-state index contributed by atoms with van der Waals surface area (Å²) in [5.74, 6) is 0.0824. The summed E-state index contributed by atoms with van der Waals surface area (Å²) in [7, 11) is 0. The van der Waals surface area contributed by atoms with E-state index >= 15 is 0 Å². The minimum Gasteiger partial charge on any atom is -0.299 e. The van der Waals surface area contributed by atoms with E-state index in [-0.39, 0.29) is 11.7 Å². The van der Waals surface area contributed by atoms with Crippen LogP contribution < -0.4 is 0 Å². The first-order chi connectivity index (χ1) is 8.11. The van der Waals surface area contributed by atoms with Crippen LogP contribution in [-0.4, -0.2) is 12.1 Å². The molecule has 17 heavy (non-hydrogen) atoms. The largest absolute Gasteiger partial charge is 0.299 e. The van der Waals surface area contributed by atoms with Crippen molar-refractivity contribution in [2.24, 2.45) is 0 Å². The van der Waals surface area contributed by atoms with Crippen molar-refractivity contribution in [2.45, 2.75) is 19.8 Å². The normalized spacial score (nSPS) is 12.4. The number of Topliss-reactive ketones (excluding diaryl/α,β-unsaturated/α-hetero) is 1. The fourth-order valence-corrected chi connectivity index (χ4v) is 1.86. The molecule has 2 rings (SSSR count). The van der Waals surface area contributed by atoms with E-state index in [0.29, 0.717) is 5.56 Å². The fraction of sp³-hybridized carbons (Fsp3) is 0.200. The number of rotatable bonds is 3. The minimum atomic E-state index is -0.0786. The van der Waals surface area contributed by atoms with Gasteiger partial charge in [0.05, 0.1) is 0 Å². The molecule has 0 saturated heterocycles. The molecule has 0 amide bonds. The summed E-state index contributed by atoms with van der Waals surface area (Å²) in [4.78, 5) is 22.0. The maximum atomic E-state index is 11.3. The topological polar surface area (TPSA) is 34.1 Å². The van der Waals surface area contributed by atoms with Crippen molar-refractivity contribution < 1.29 is 9.59 Å². The van der Waals surface area contributed by atoms with Crippen LogP contribution in [0.5, 0.6) is 0 Å². The molecule has 86 valence electrons. The molecule has 0 aliphatic rings. The first-order valence-corrected chi connectivity index (χ1v) is 5.61. The molecule has 0 radical (unpaired) electrons. The quantitative estimate of drug-likeness (QED) is 0.752. The van der Waals surface area contributed by atoms with E-state index in [1.165, 1.54) is 0 Å². The maximum absolute atomic E-state index is 11.3. The highest BCUT2D eigenvalue weighted by molar-refractivity contribution is 5.91. The van der Waals surface area contributed by atoms with Crippen LogP contribution in [-0.2, 0) is 4.79 Å². The van der Waals surface area contributed by atoms with Crippen molar-refractivity contribution in [1.82, 2.24) is 0 Å². The van der Waals surface area contributed by atoms with Gasteiger partial charge >= 0.3 is 0 Å². The molecule has 0 spiro atoms. The first kappa shape index (κ1) is 11.5. The number of carbonyl (C=O) groups excluding carboxylic acids is 2. The van der Waals surface area contributed by atoms with Gasteiger partial charge in [-0.1, -0.05) is 37.3 Å². The van der Waals surface area contributed by atoms with Crippen LogP contribution in [0.15, 0.2) is 36.4 Å². The second kappa shape index (κ2) is 4.50. The van der Waals surface area contributed by atoms with E-state index < -0.39 is 0 Å². The van der Waals surface area contributed by atoms with Crippen LogP contribution in [0.3, 0.4) is 0 Å². The summed E-state index contributed by atoms with van der Waals surface area (Å²) >= 11 is 0. The number of hydrogen-bond donors (Lipinski definition) is 0. The molecule has 2 aromatic rings. The van der Waals surface area contributed by atoms with Crippen LogP contribution in [0, 0.1) is 0 Å². The van der Waals surface area contributed by atoms with Gasteiger partial charge in [-0.25, -0.2) is 0 Å². The number of benzene rings is 2. The van der Waals surface area contributed by atoms with Crippen molar-refractivity contribution >= 4 is 22.8 Å². The van der Waals surface area contributed by atoms with E-state index in [2.05, 4.69) is 0 Å². The molecule has 2 aromatic carbocycles. The third kappa shape index (κ3) is 2.26. The van der Waals surface area contributed by atoms with E-state index in [1.54, 1.807) is 13.0 Å². The van der Waals surface area contributed by atoms with Crippen LogP contribution in [0.2, 0.25) is 0 Å². The molecule has 1 unspecified atom stereocenters. The lowest BCUT2D eigenvalue weighted by Gasteiger charge is -2.09. The van der Waals surface area contributed by atoms with E-state index in [1.807, 2.05) is 37.3 Å². The monoisotopic (exact) mass is 226 g/mol. The lowest BCUT2D eigenvalue weighted by molar-refractivity contribution is -0.118. The lowest BCUT2D eigenvalue weighted by atomic mass is 9.94. The Morgan fingerprint density at radius 3 is 2.41 bits per heavy atom. The van der Waals surface area contributed by atoms with Crippen molar-refractivity contribution in [2.75, 3.05) is 0 Å². The van der Waals surface area contributed by atoms with E-state index in [9.17, 15) is 9.59 Å². The highest BCUT2D eigenvalue weighted by atomic mass is 16.1. The number of fused-ring (bicyclic) bond motifs is 1. The summed E-state index contributed by atoms with van der Waals surface area (Å²) in [6, 6.07) is 11.5. The van der Waals surface area contributed by atoms with Crippen molar-refractivity contribution in [3.63, 3.8) is 0 Å². The number of hydrogen-bond acceptors (Lipinski definition) is 2. The van der Waals surface area contributed by atoms with Gasteiger partial charge in [-0.2, -0.15) is 0 Å². The first-order valence-electron chi connectivity index (χ1n) is 5.61. The smallest absolute Gasteiger partial charge is 0.150 e. The zero-order valence-electron chi connectivity index (χ0n) is 9.94. The predicted octanol–water partition coefficient (Wildman–Crippen LogP) is 3.34. The van der Waals surface area contributed by atoms with E-state index in [4.69, 9.17) is 0 Å². The number of aldehydes is 1. The lowest BCUT2D eigenvalue weighted by Crippen LogP contribution is -2.03. The van der Waals surface area contributed by atoms with Gasteiger partial charge < -0.3 is 0 Å². The van der Waals surface area contributed by atoms with Crippen LogP contribution in [0.4, 0.5) is 0 Å². The summed E-state index contributed by atoms with van der Waals surface area (Å²) in [6.07, 6.45) is 0.839. The van der Waals surface area contributed by atoms with Crippen LogP contribution in [0.25, 0.3) is 10.8 Å². The molecule has 0 aliphatic heterocycles. The Morgan fingerprint density at radius 1 is 1.12 bits per heavy atom. The van der Waals surface area contributed by atoms with Crippen molar-refractivity contribution in [3.8, 4) is 0 Å². The summed E-state index contributed by atoms with van der Waals surface area (Å²) in [5, 5.41) is 2.08.